The van der Waals surface area contributed by atoms with E-state index in [0.29, 0.717) is 11.1 Å². The third-order valence-corrected chi connectivity index (χ3v) is 4.62. The molecule has 0 unspecified atom stereocenters. The maximum atomic E-state index is 12.3. The first kappa shape index (κ1) is 18.5. The van der Waals surface area contributed by atoms with E-state index in [1.807, 2.05) is 0 Å². The molecule has 25 heavy (non-hydrogen) atoms. The summed E-state index contributed by atoms with van der Waals surface area (Å²) in [4.78, 5) is 22.9. The molecule has 8 heteroatoms. The lowest BCUT2D eigenvalue weighted by molar-refractivity contribution is -0.124. The summed E-state index contributed by atoms with van der Waals surface area (Å²) in [6.45, 7) is -0.362. The number of amides is 1. The Labute approximate surface area is 145 Å². The van der Waals surface area contributed by atoms with Crippen LogP contribution >= 0.6 is 0 Å². The first-order valence-electron chi connectivity index (χ1n) is 7.22. The van der Waals surface area contributed by atoms with Crippen LogP contribution in [0.15, 0.2) is 65.6 Å². The molecule has 2 rings (SSSR count). The van der Waals surface area contributed by atoms with Crippen molar-refractivity contribution in [3.63, 3.8) is 0 Å². The van der Waals surface area contributed by atoms with Crippen LogP contribution in [0.5, 0.6) is 0 Å². The average molecular weight is 360 g/mol. The molecule has 0 saturated heterocycles. The molecule has 0 atom stereocenters. The largest absolute Gasteiger partial charge is 0.293 e. The van der Waals surface area contributed by atoms with Crippen LogP contribution in [0.4, 0.5) is 0 Å². The van der Waals surface area contributed by atoms with Crippen LogP contribution in [0.25, 0.3) is 6.08 Å². The molecule has 0 bridgehead atoms. The van der Waals surface area contributed by atoms with E-state index in [9.17, 15) is 18.0 Å². The van der Waals surface area contributed by atoms with Crippen molar-refractivity contribution < 1.29 is 23.2 Å². The van der Waals surface area contributed by atoms with E-state index in [2.05, 4.69) is 4.72 Å². The zero-order valence-electron chi connectivity index (χ0n) is 13.0. The first-order chi connectivity index (χ1) is 11.9. The third-order valence-electron chi connectivity index (χ3n) is 3.22. The lowest BCUT2D eigenvalue weighted by Crippen LogP contribution is -2.29. The third kappa shape index (κ3) is 5.35. The number of ketones is 1. The fraction of sp³-hybridized carbons (Fsp3) is 0.0588. The second-order valence-electron chi connectivity index (χ2n) is 5.00. The van der Waals surface area contributed by atoms with Crippen LogP contribution in [-0.4, -0.2) is 31.9 Å². The molecule has 0 aliphatic carbocycles. The van der Waals surface area contributed by atoms with Gasteiger partial charge in [-0.3, -0.25) is 14.8 Å². The summed E-state index contributed by atoms with van der Waals surface area (Å²) in [6, 6.07) is 14.2. The summed E-state index contributed by atoms with van der Waals surface area (Å²) in [5, 5.41) is 8.42. The molecular formula is C17H16N2O5S. The van der Waals surface area contributed by atoms with Gasteiger partial charge in [-0.05, 0) is 23.8 Å². The topological polar surface area (TPSA) is 113 Å². The molecule has 0 spiro atoms. The number of nitrogens with one attached hydrogen (secondary N) is 2. The van der Waals surface area contributed by atoms with Gasteiger partial charge in [-0.25, -0.2) is 18.6 Å². The fourth-order valence-electron chi connectivity index (χ4n) is 1.96. The smallest absolute Gasteiger partial charge is 0.267 e. The number of Topliss-reactive ketones (excluding diaryl/α,β-unsaturated/α-hetero) is 1. The second kappa shape index (κ2) is 8.34. The predicted molar refractivity (Wildman–Crippen MR) is 91.4 cm³/mol. The van der Waals surface area contributed by atoms with Crippen LogP contribution in [0.3, 0.4) is 0 Å². The van der Waals surface area contributed by atoms with Crippen molar-refractivity contribution in [2.24, 2.45) is 0 Å². The Morgan fingerprint density at radius 2 is 1.76 bits per heavy atom. The summed E-state index contributed by atoms with van der Waals surface area (Å²) >= 11 is 0. The number of rotatable bonds is 7. The molecular weight excluding hydrogens is 344 g/mol. The van der Waals surface area contributed by atoms with Gasteiger partial charge in [0, 0.05) is 11.6 Å². The van der Waals surface area contributed by atoms with Crippen molar-refractivity contribution >= 4 is 27.8 Å². The summed E-state index contributed by atoms with van der Waals surface area (Å²) in [7, 11) is -3.88. The number of hydrogen-bond acceptors (Lipinski definition) is 5. The van der Waals surface area contributed by atoms with Crippen LogP contribution in [0.2, 0.25) is 0 Å². The summed E-state index contributed by atoms with van der Waals surface area (Å²) in [6.07, 6.45) is 2.40. The SMILES string of the molecule is O=C(C=Cc1cccc(S(=O)(=O)NCC(=O)c2ccccc2)c1)NO. The van der Waals surface area contributed by atoms with E-state index in [0.717, 1.165) is 6.08 Å². The zero-order chi connectivity index (χ0) is 18.3. The Hall–Kier alpha value is -2.81. The Morgan fingerprint density at radius 1 is 1.04 bits per heavy atom. The summed E-state index contributed by atoms with van der Waals surface area (Å²) < 4.78 is 26.9. The van der Waals surface area contributed by atoms with Gasteiger partial charge < -0.3 is 0 Å². The standard InChI is InChI=1S/C17H16N2O5S/c20-16(14-6-2-1-3-7-14)12-18-25(23,24)15-8-4-5-13(11-15)9-10-17(21)19-22/h1-11,18,22H,12H2,(H,19,21). The number of sulfonamides is 1. The summed E-state index contributed by atoms with van der Waals surface area (Å²) in [5.74, 6) is -1.08. The van der Waals surface area contributed by atoms with Crippen molar-refractivity contribution in [1.29, 1.82) is 0 Å². The van der Waals surface area contributed by atoms with E-state index in [1.165, 1.54) is 29.8 Å². The highest BCUT2D eigenvalue weighted by molar-refractivity contribution is 7.89. The molecule has 0 aliphatic heterocycles. The van der Waals surface area contributed by atoms with Crippen molar-refractivity contribution in [2.45, 2.75) is 4.90 Å². The van der Waals surface area contributed by atoms with Gasteiger partial charge in [0.2, 0.25) is 10.0 Å². The average Bonchev–Trinajstić information content (AvgIpc) is 2.65. The van der Waals surface area contributed by atoms with Crippen LogP contribution in [0, 0.1) is 0 Å². The molecule has 2 aromatic rings. The van der Waals surface area contributed by atoms with Gasteiger partial charge in [-0.15, -0.1) is 0 Å². The van der Waals surface area contributed by atoms with E-state index in [1.54, 1.807) is 36.4 Å². The fourth-order valence-corrected chi connectivity index (χ4v) is 3.00. The molecule has 0 radical (unpaired) electrons. The Balaban J connectivity index is 2.10. The van der Waals surface area contributed by atoms with Gasteiger partial charge >= 0.3 is 0 Å². The number of hydrogen-bond donors (Lipinski definition) is 3. The van der Waals surface area contributed by atoms with Crippen LogP contribution < -0.4 is 10.2 Å². The second-order valence-corrected chi connectivity index (χ2v) is 6.76. The van der Waals surface area contributed by atoms with E-state index < -0.39 is 15.9 Å². The van der Waals surface area contributed by atoms with E-state index in [4.69, 9.17) is 5.21 Å². The van der Waals surface area contributed by atoms with Gasteiger partial charge in [-0.2, -0.15) is 0 Å². The molecule has 7 nitrogen and oxygen atoms in total. The highest BCUT2D eigenvalue weighted by Crippen LogP contribution is 2.13. The zero-order valence-corrected chi connectivity index (χ0v) is 13.9. The highest BCUT2D eigenvalue weighted by Gasteiger charge is 2.16. The maximum Gasteiger partial charge on any atom is 0.267 e. The Kier molecular flexibility index (Phi) is 6.18. The number of benzene rings is 2. The number of carbonyl (C=O) groups is 2. The minimum absolute atomic E-state index is 0.0417. The quantitative estimate of drug-likeness (QED) is 0.299. The van der Waals surface area contributed by atoms with Gasteiger partial charge in [0.1, 0.15) is 0 Å². The lowest BCUT2D eigenvalue weighted by atomic mass is 10.1. The van der Waals surface area contributed by atoms with Crippen molar-refractivity contribution in [3.8, 4) is 0 Å². The van der Waals surface area contributed by atoms with Crippen molar-refractivity contribution in [1.82, 2.24) is 10.2 Å². The molecule has 1 amide bonds. The predicted octanol–water partition coefficient (Wildman–Crippen LogP) is 1.37. The normalized spacial score (nSPS) is 11.4. The molecule has 2 aromatic carbocycles. The van der Waals surface area contributed by atoms with Gasteiger partial charge in [-0.1, -0.05) is 42.5 Å². The van der Waals surface area contributed by atoms with Gasteiger partial charge in [0.25, 0.3) is 5.91 Å². The van der Waals surface area contributed by atoms with Crippen LogP contribution in [0.1, 0.15) is 15.9 Å². The summed E-state index contributed by atoms with van der Waals surface area (Å²) in [5.41, 5.74) is 2.29. The minimum Gasteiger partial charge on any atom is -0.293 e. The van der Waals surface area contributed by atoms with Crippen molar-refractivity contribution in [2.75, 3.05) is 6.54 Å². The van der Waals surface area contributed by atoms with Crippen molar-refractivity contribution in [3.05, 3.63) is 71.8 Å². The lowest BCUT2D eigenvalue weighted by Gasteiger charge is -2.07. The molecule has 0 aliphatic rings. The van der Waals surface area contributed by atoms with Crippen LogP contribution in [-0.2, 0) is 14.8 Å². The first-order valence-corrected chi connectivity index (χ1v) is 8.71. The van der Waals surface area contributed by atoms with Gasteiger partial charge in [0.05, 0.1) is 11.4 Å². The Morgan fingerprint density at radius 3 is 2.44 bits per heavy atom. The van der Waals surface area contributed by atoms with E-state index in [-0.39, 0.29) is 17.2 Å². The molecule has 130 valence electrons. The molecule has 3 N–H and O–H groups in total. The molecule has 0 aromatic heterocycles. The molecule has 0 saturated carbocycles. The minimum atomic E-state index is -3.88. The van der Waals surface area contributed by atoms with Gasteiger partial charge in [0.15, 0.2) is 5.78 Å². The maximum absolute atomic E-state index is 12.3. The van der Waals surface area contributed by atoms with E-state index >= 15 is 0 Å². The highest BCUT2D eigenvalue weighted by atomic mass is 32.2. The number of hydroxylamine groups is 1. The number of carbonyl (C=O) groups excluding carboxylic acids is 2. The molecule has 0 heterocycles. The monoisotopic (exact) mass is 360 g/mol. The molecule has 0 fully saturated rings. The Bertz CT molecular complexity index is 892.